The Kier molecular flexibility index (Phi) is 5.75. The Labute approximate surface area is 151 Å². The molecule has 1 aliphatic rings. The Morgan fingerprint density at radius 1 is 1.27 bits per heavy atom. The van der Waals surface area contributed by atoms with Crippen LogP contribution in [-0.4, -0.2) is 51.6 Å². The molecule has 8 heteroatoms. The van der Waals surface area contributed by atoms with Crippen LogP contribution in [0.3, 0.4) is 0 Å². The van der Waals surface area contributed by atoms with Gasteiger partial charge in [0.1, 0.15) is 24.0 Å². The van der Waals surface area contributed by atoms with Gasteiger partial charge in [-0.05, 0) is 24.1 Å². The molecular weight excluding hydrogens is 337 g/mol. The van der Waals surface area contributed by atoms with Crippen molar-refractivity contribution in [2.24, 2.45) is 5.73 Å². The predicted octanol–water partition coefficient (Wildman–Crippen LogP) is 0.475. The predicted molar refractivity (Wildman–Crippen MR) is 94.8 cm³/mol. The van der Waals surface area contributed by atoms with Crippen molar-refractivity contribution >= 4 is 11.7 Å². The number of aromatic nitrogens is 2. The molecule has 4 N–H and O–H groups in total. The number of aliphatic hydroxyl groups is 1. The minimum absolute atomic E-state index is 0.255. The van der Waals surface area contributed by atoms with E-state index in [0.29, 0.717) is 32.5 Å². The summed E-state index contributed by atoms with van der Waals surface area (Å²) in [5, 5.41) is 12.4. The summed E-state index contributed by atoms with van der Waals surface area (Å²) in [7, 11) is 0. The number of carbonyl (C=O) groups is 1. The van der Waals surface area contributed by atoms with Crippen molar-refractivity contribution in [1.82, 2.24) is 14.9 Å². The van der Waals surface area contributed by atoms with E-state index in [1.807, 2.05) is 0 Å². The van der Waals surface area contributed by atoms with E-state index in [1.165, 1.54) is 18.5 Å². The van der Waals surface area contributed by atoms with Gasteiger partial charge in [0.15, 0.2) is 0 Å². The number of aliphatic hydroxyl groups excluding tert-OH is 1. The van der Waals surface area contributed by atoms with E-state index in [0.717, 1.165) is 22.6 Å². The number of nitrogens with zero attached hydrogens (tertiary/aromatic N) is 3. The third-order valence-electron chi connectivity index (χ3n) is 4.48. The van der Waals surface area contributed by atoms with Crippen LogP contribution in [0.1, 0.15) is 16.8 Å². The summed E-state index contributed by atoms with van der Waals surface area (Å²) in [4.78, 5) is 22.5. The van der Waals surface area contributed by atoms with Gasteiger partial charge in [-0.15, -0.1) is 0 Å². The largest absolute Gasteiger partial charge is 0.394 e. The Morgan fingerprint density at radius 3 is 2.73 bits per heavy atom. The number of amides is 1. The van der Waals surface area contributed by atoms with Crippen LogP contribution in [0.25, 0.3) is 0 Å². The molecule has 1 aliphatic heterocycles. The van der Waals surface area contributed by atoms with E-state index in [4.69, 9.17) is 10.8 Å². The normalized spacial score (nSPS) is 15.1. The van der Waals surface area contributed by atoms with Crippen LogP contribution in [0.15, 0.2) is 30.6 Å². The lowest BCUT2D eigenvalue weighted by Crippen LogP contribution is -2.46. The Balaban J connectivity index is 1.70. The first-order chi connectivity index (χ1) is 12.6. The minimum Gasteiger partial charge on any atom is -0.394 e. The number of rotatable bonds is 5. The first-order valence-electron chi connectivity index (χ1n) is 8.54. The lowest BCUT2D eigenvalue weighted by Gasteiger charge is -2.22. The maximum atomic E-state index is 13.0. The second kappa shape index (κ2) is 8.20. The molecule has 1 atom stereocenters. The lowest BCUT2D eigenvalue weighted by atomic mass is 10.1. The van der Waals surface area contributed by atoms with Gasteiger partial charge >= 0.3 is 0 Å². The van der Waals surface area contributed by atoms with Gasteiger partial charge in [-0.1, -0.05) is 12.1 Å². The fraction of sp³-hybridized carbons (Fsp3) is 0.389. The molecule has 0 saturated heterocycles. The summed E-state index contributed by atoms with van der Waals surface area (Å²) in [5.41, 5.74) is 8.46. The van der Waals surface area contributed by atoms with Gasteiger partial charge < -0.3 is 21.1 Å². The molecule has 26 heavy (non-hydrogen) atoms. The van der Waals surface area contributed by atoms with Crippen molar-refractivity contribution in [2.45, 2.75) is 25.4 Å². The van der Waals surface area contributed by atoms with Crippen molar-refractivity contribution < 1.29 is 14.3 Å². The molecule has 0 bridgehead atoms. The molecule has 2 aromatic rings. The highest BCUT2D eigenvalue weighted by atomic mass is 19.1. The van der Waals surface area contributed by atoms with E-state index < -0.39 is 6.04 Å². The highest BCUT2D eigenvalue weighted by molar-refractivity contribution is 5.82. The molecule has 1 aromatic carbocycles. The summed E-state index contributed by atoms with van der Waals surface area (Å²) < 4.78 is 13.0. The van der Waals surface area contributed by atoms with Gasteiger partial charge in [-0.3, -0.25) is 4.79 Å². The highest BCUT2D eigenvalue weighted by Gasteiger charge is 2.24. The minimum atomic E-state index is -0.890. The third kappa shape index (κ3) is 4.14. The Hall–Kier alpha value is -2.58. The Bertz CT molecular complexity index is 769. The fourth-order valence-corrected chi connectivity index (χ4v) is 3.00. The lowest BCUT2D eigenvalue weighted by molar-refractivity contribution is -0.133. The summed E-state index contributed by atoms with van der Waals surface area (Å²) in [5.74, 6) is 0.199. The van der Waals surface area contributed by atoms with E-state index in [-0.39, 0.29) is 18.3 Å². The van der Waals surface area contributed by atoms with Gasteiger partial charge in [0.05, 0.1) is 12.3 Å². The number of carbonyl (C=O) groups excluding carboxylic acids is 1. The SMILES string of the molecule is N[C@@H](CO)C(=O)N1CCc2ncnc(NCc3ccc(F)cc3)c2CC1. The van der Waals surface area contributed by atoms with Crippen molar-refractivity contribution in [2.75, 3.05) is 25.0 Å². The van der Waals surface area contributed by atoms with Crippen LogP contribution in [-0.2, 0) is 24.2 Å². The van der Waals surface area contributed by atoms with E-state index in [9.17, 15) is 9.18 Å². The summed E-state index contributed by atoms with van der Waals surface area (Å²) in [6.45, 7) is 1.15. The highest BCUT2D eigenvalue weighted by Crippen LogP contribution is 2.21. The standard InChI is InChI=1S/C18H22FN5O2/c19-13-3-1-12(2-4-13)9-21-17-14-5-7-24(18(26)15(20)10-25)8-6-16(14)22-11-23-17/h1-4,11,15,25H,5-10,20H2,(H,21,22,23)/t15-/m0/s1. The number of anilines is 1. The molecule has 0 spiro atoms. The maximum Gasteiger partial charge on any atom is 0.241 e. The zero-order chi connectivity index (χ0) is 18.5. The molecule has 7 nitrogen and oxygen atoms in total. The van der Waals surface area contributed by atoms with Crippen LogP contribution in [0, 0.1) is 5.82 Å². The van der Waals surface area contributed by atoms with Crippen molar-refractivity contribution in [3.05, 3.63) is 53.2 Å². The van der Waals surface area contributed by atoms with Crippen LogP contribution < -0.4 is 11.1 Å². The molecule has 0 fully saturated rings. The summed E-state index contributed by atoms with van der Waals surface area (Å²) in [6, 6.07) is 5.40. The van der Waals surface area contributed by atoms with Gasteiger partial charge in [0, 0.05) is 31.6 Å². The van der Waals surface area contributed by atoms with Crippen LogP contribution in [0.4, 0.5) is 10.2 Å². The zero-order valence-electron chi connectivity index (χ0n) is 14.4. The molecule has 0 radical (unpaired) electrons. The van der Waals surface area contributed by atoms with Gasteiger partial charge in [-0.2, -0.15) is 0 Å². The number of hydrogen-bond donors (Lipinski definition) is 3. The average Bonchev–Trinajstić information content (AvgIpc) is 2.89. The van der Waals surface area contributed by atoms with Gasteiger partial charge in [-0.25, -0.2) is 14.4 Å². The first kappa shape index (κ1) is 18.2. The van der Waals surface area contributed by atoms with E-state index in [2.05, 4.69) is 15.3 Å². The zero-order valence-corrected chi connectivity index (χ0v) is 14.4. The maximum absolute atomic E-state index is 13.0. The second-order valence-corrected chi connectivity index (χ2v) is 6.24. The molecule has 0 saturated carbocycles. The molecule has 1 aromatic heterocycles. The number of hydrogen-bond acceptors (Lipinski definition) is 6. The third-order valence-corrected chi connectivity index (χ3v) is 4.48. The molecule has 0 unspecified atom stereocenters. The van der Waals surface area contributed by atoms with Crippen molar-refractivity contribution in [3.8, 4) is 0 Å². The monoisotopic (exact) mass is 359 g/mol. The molecular formula is C18H22FN5O2. The molecule has 138 valence electrons. The second-order valence-electron chi connectivity index (χ2n) is 6.24. The van der Waals surface area contributed by atoms with Gasteiger partial charge in [0.25, 0.3) is 0 Å². The smallest absolute Gasteiger partial charge is 0.241 e. The molecule has 0 aliphatic carbocycles. The average molecular weight is 359 g/mol. The quantitative estimate of drug-likeness (QED) is 0.717. The summed E-state index contributed by atoms with van der Waals surface area (Å²) >= 11 is 0. The number of benzene rings is 1. The number of nitrogens with two attached hydrogens (primary N) is 1. The van der Waals surface area contributed by atoms with Gasteiger partial charge in [0.2, 0.25) is 5.91 Å². The van der Waals surface area contributed by atoms with Crippen LogP contribution in [0.2, 0.25) is 0 Å². The number of nitrogens with one attached hydrogen (secondary N) is 1. The van der Waals surface area contributed by atoms with E-state index >= 15 is 0 Å². The number of fused-ring (bicyclic) bond motifs is 1. The molecule has 2 heterocycles. The van der Waals surface area contributed by atoms with E-state index in [1.54, 1.807) is 17.0 Å². The topological polar surface area (TPSA) is 104 Å². The first-order valence-corrected chi connectivity index (χ1v) is 8.54. The van der Waals surface area contributed by atoms with Crippen LogP contribution in [0.5, 0.6) is 0 Å². The fourth-order valence-electron chi connectivity index (χ4n) is 3.00. The molecule has 3 rings (SSSR count). The van der Waals surface area contributed by atoms with Crippen molar-refractivity contribution in [1.29, 1.82) is 0 Å². The van der Waals surface area contributed by atoms with Crippen LogP contribution >= 0.6 is 0 Å². The van der Waals surface area contributed by atoms with Crippen molar-refractivity contribution in [3.63, 3.8) is 0 Å². The molecule has 1 amide bonds. The summed E-state index contributed by atoms with van der Waals surface area (Å²) in [6.07, 6.45) is 2.71. The number of halogens is 1. The Morgan fingerprint density at radius 2 is 2.00 bits per heavy atom.